The number of fused-ring (bicyclic) bond motifs is 1. The smallest absolute Gasteiger partial charge is 0.492 e. The Labute approximate surface area is 219 Å². The Morgan fingerprint density at radius 2 is 1.57 bits per heavy atom. The van der Waals surface area contributed by atoms with Gasteiger partial charge in [0.05, 0.1) is 28.8 Å². The lowest BCUT2D eigenvalue weighted by Crippen LogP contribution is -2.24. The Morgan fingerprint density at radius 3 is 2.20 bits per heavy atom. The number of aromatic nitrogens is 3. The lowest BCUT2D eigenvalue weighted by atomic mass is 10.1. The molecule has 2 N–H and O–H groups in total. The monoisotopic (exact) mass is 565 g/mol. The van der Waals surface area contributed by atoms with Gasteiger partial charge in [0.2, 0.25) is 5.88 Å². The third-order valence-corrected chi connectivity index (χ3v) is 5.98. The molecular weight excluding hydrogens is 548 g/mol. The van der Waals surface area contributed by atoms with Crippen LogP contribution in [0.15, 0.2) is 80.7 Å². The minimum absolute atomic E-state index is 0.0135. The van der Waals surface area contributed by atoms with Crippen LogP contribution in [-0.4, -0.2) is 25.6 Å². The molecule has 5 aromatic rings. The van der Waals surface area contributed by atoms with Gasteiger partial charge in [0.1, 0.15) is 5.75 Å². The molecule has 14 heteroatoms. The van der Waals surface area contributed by atoms with Crippen molar-refractivity contribution in [2.45, 2.75) is 25.5 Å². The Morgan fingerprint density at radius 1 is 0.875 bits per heavy atom. The van der Waals surface area contributed by atoms with Crippen LogP contribution in [0, 0.1) is 0 Å². The number of alkyl halides is 6. The van der Waals surface area contributed by atoms with Gasteiger partial charge in [-0.15, -0.1) is 13.2 Å². The zero-order valence-corrected chi connectivity index (χ0v) is 20.0. The van der Waals surface area contributed by atoms with E-state index in [4.69, 9.17) is 4.42 Å². The minimum atomic E-state index is -4.93. The number of nitrogens with one attached hydrogen (secondary N) is 1. The quantitative estimate of drug-likeness (QED) is 0.271. The Hall–Kier alpha value is -4.88. The average molecular weight is 565 g/mol. The Bertz CT molecular complexity index is 1810. The summed E-state index contributed by atoms with van der Waals surface area (Å²) in [6.45, 7) is -0.171. The number of nitrogens with zero attached hydrogens (tertiary/aromatic N) is 2. The van der Waals surface area contributed by atoms with E-state index in [9.17, 15) is 41.0 Å². The van der Waals surface area contributed by atoms with Crippen molar-refractivity contribution in [3.63, 3.8) is 0 Å². The van der Waals surface area contributed by atoms with Crippen LogP contribution < -0.4 is 16.2 Å². The molecule has 2 heterocycles. The normalized spacial score (nSPS) is 12.2. The summed E-state index contributed by atoms with van der Waals surface area (Å²) in [6, 6.07) is 13.6. The predicted octanol–water partition coefficient (Wildman–Crippen LogP) is 5.34. The number of imidazole rings is 1. The van der Waals surface area contributed by atoms with Crippen LogP contribution in [0.5, 0.6) is 11.6 Å². The summed E-state index contributed by atoms with van der Waals surface area (Å²) in [5, 5.41) is 9.77. The molecule has 2 aromatic heterocycles. The van der Waals surface area contributed by atoms with Gasteiger partial charge in [-0.05, 0) is 53.6 Å². The maximum absolute atomic E-state index is 13.5. The summed E-state index contributed by atoms with van der Waals surface area (Å²) in [4.78, 5) is 26.9. The van der Waals surface area contributed by atoms with Crippen LogP contribution in [0.2, 0.25) is 0 Å². The Balaban J connectivity index is 1.58. The van der Waals surface area contributed by atoms with Crippen molar-refractivity contribution in [1.29, 1.82) is 0 Å². The van der Waals surface area contributed by atoms with Crippen molar-refractivity contribution >= 4 is 11.0 Å². The maximum Gasteiger partial charge on any atom is 0.573 e. The lowest BCUT2D eigenvalue weighted by molar-refractivity contribution is -0.274. The van der Waals surface area contributed by atoms with Gasteiger partial charge >= 0.3 is 24.0 Å². The number of halogens is 6. The molecule has 0 unspecified atom stereocenters. The molecule has 5 rings (SSSR count). The topological polar surface area (TPSA) is 102 Å². The summed E-state index contributed by atoms with van der Waals surface area (Å²) in [6.07, 6.45) is -9.61. The molecule has 3 aromatic carbocycles. The minimum Gasteiger partial charge on any atom is -0.492 e. The van der Waals surface area contributed by atoms with Crippen molar-refractivity contribution in [2.24, 2.45) is 0 Å². The third kappa shape index (κ3) is 5.46. The van der Waals surface area contributed by atoms with Gasteiger partial charge in [0, 0.05) is 6.42 Å². The first-order valence-electron chi connectivity index (χ1n) is 11.5. The summed E-state index contributed by atoms with van der Waals surface area (Å²) in [5.74, 6) is -1.85. The van der Waals surface area contributed by atoms with Gasteiger partial charge < -0.3 is 14.3 Å². The van der Waals surface area contributed by atoms with Gasteiger partial charge in [-0.1, -0.05) is 24.3 Å². The van der Waals surface area contributed by atoms with Gasteiger partial charge in [0.25, 0.3) is 0 Å². The standard InChI is InChI=1S/C26H17F6N3O5/c27-25(28,29)16-4-9-19-20(12-16)34(24(38)35(19)17-5-7-18(8-6-17)40-26(30,31)32)13-15-3-1-2-14(10-15)11-21-22(36)33-23(37)39-21/h1-10,12,36H,11,13H2,(H,33,37). The molecule has 208 valence electrons. The van der Waals surface area contributed by atoms with E-state index in [-0.39, 0.29) is 35.4 Å². The SMILES string of the molecule is O=c1[nH]c(O)c(Cc2cccc(Cn3c(=O)n(-c4ccc(OC(F)(F)F)cc4)c4ccc(C(F)(F)F)cc43)c2)o1. The second-order valence-corrected chi connectivity index (χ2v) is 8.73. The van der Waals surface area contributed by atoms with Crippen LogP contribution in [-0.2, 0) is 19.1 Å². The molecule has 0 saturated carbocycles. The third-order valence-electron chi connectivity index (χ3n) is 5.98. The van der Waals surface area contributed by atoms with Crippen LogP contribution in [0.25, 0.3) is 16.7 Å². The van der Waals surface area contributed by atoms with E-state index < -0.39 is 41.2 Å². The van der Waals surface area contributed by atoms with Crippen LogP contribution in [0.4, 0.5) is 26.3 Å². The molecule has 0 spiro atoms. The van der Waals surface area contributed by atoms with Crippen LogP contribution in [0.3, 0.4) is 0 Å². The van der Waals surface area contributed by atoms with E-state index in [0.29, 0.717) is 11.1 Å². The van der Waals surface area contributed by atoms with Gasteiger partial charge in [0.15, 0.2) is 5.76 Å². The van der Waals surface area contributed by atoms with Crippen molar-refractivity contribution in [2.75, 3.05) is 0 Å². The van der Waals surface area contributed by atoms with E-state index in [2.05, 4.69) is 9.72 Å². The fourth-order valence-corrected chi connectivity index (χ4v) is 4.31. The first-order valence-corrected chi connectivity index (χ1v) is 11.5. The molecule has 0 aliphatic rings. The molecular formula is C26H17F6N3O5. The van der Waals surface area contributed by atoms with Gasteiger partial charge in [-0.3, -0.25) is 14.1 Å². The molecule has 0 aliphatic heterocycles. The van der Waals surface area contributed by atoms with Crippen LogP contribution >= 0.6 is 0 Å². The molecule has 8 nitrogen and oxygen atoms in total. The van der Waals surface area contributed by atoms with Crippen LogP contribution in [0.1, 0.15) is 22.5 Å². The lowest BCUT2D eigenvalue weighted by Gasteiger charge is -2.10. The fourth-order valence-electron chi connectivity index (χ4n) is 4.31. The van der Waals surface area contributed by atoms with E-state index in [1.807, 2.05) is 0 Å². The second kappa shape index (κ2) is 9.70. The summed E-state index contributed by atoms with van der Waals surface area (Å²) >= 11 is 0. The fraction of sp³-hybridized carbons (Fsp3) is 0.154. The molecule has 0 radical (unpaired) electrons. The molecule has 0 fully saturated rings. The van der Waals surface area contributed by atoms with Crippen molar-refractivity contribution in [1.82, 2.24) is 14.1 Å². The highest BCUT2D eigenvalue weighted by molar-refractivity contribution is 5.79. The molecule has 0 amide bonds. The highest BCUT2D eigenvalue weighted by Crippen LogP contribution is 2.32. The van der Waals surface area contributed by atoms with E-state index in [1.54, 1.807) is 24.3 Å². The summed E-state index contributed by atoms with van der Waals surface area (Å²) in [7, 11) is 0. The highest BCUT2D eigenvalue weighted by atomic mass is 19.4. The average Bonchev–Trinajstić information content (AvgIpc) is 3.32. The highest BCUT2D eigenvalue weighted by Gasteiger charge is 2.32. The summed E-state index contributed by atoms with van der Waals surface area (Å²) < 4.78 is 89.2. The molecule has 40 heavy (non-hydrogen) atoms. The first kappa shape index (κ1) is 26.7. The molecule has 0 aliphatic carbocycles. The second-order valence-electron chi connectivity index (χ2n) is 8.73. The number of hydrogen-bond donors (Lipinski definition) is 2. The number of aromatic amines is 1. The van der Waals surface area contributed by atoms with Gasteiger partial charge in [-0.25, -0.2) is 9.59 Å². The zero-order valence-electron chi connectivity index (χ0n) is 20.0. The molecule has 0 bridgehead atoms. The predicted molar refractivity (Wildman–Crippen MR) is 129 cm³/mol. The van der Waals surface area contributed by atoms with Gasteiger partial charge in [-0.2, -0.15) is 13.2 Å². The maximum atomic E-state index is 13.5. The number of H-pyrrole nitrogens is 1. The van der Waals surface area contributed by atoms with E-state index >= 15 is 0 Å². The van der Waals surface area contributed by atoms with E-state index in [1.165, 1.54) is 12.1 Å². The first-order chi connectivity index (χ1) is 18.8. The number of hydrogen-bond acceptors (Lipinski definition) is 5. The van der Waals surface area contributed by atoms with Crippen molar-refractivity contribution < 1.29 is 40.6 Å². The number of benzene rings is 3. The Kier molecular flexibility index (Phi) is 6.48. The summed E-state index contributed by atoms with van der Waals surface area (Å²) in [5.41, 5.74) is -0.515. The molecule has 0 saturated heterocycles. The number of oxazole rings is 1. The number of rotatable bonds is 6. The van der Waals surface area contributed by atoms with Crippen molar-refractivity contribution in [3.05, 3.63) is 110 Å². The largest absolute Gasteiger partial charge is 0.573 e. The zero-order chi connectivity index (χ0) is 28.8. The number of ether oxygens (including phenoxy) is 1. The van der Waals surface area contributed by atoms with Crippen molar-refractivity contribution in [3.8, 4) is 17.3 Å². The number of aromatic hydroxyl groups is 1. The van der Waals surface area contributed by atoms with E-state index in [0.717, 1.165) is 39.5 Å². The molecule has 0 atom stereocenters.